The molecule has 1 radical (unpaired) electrons. The molecule has 0 N–H and O–H groups in total. The van der Waals surface area contributed by atoms with Crippen LogP contribution in [0.25, 0.3) is 0 Å². The SMILES string of the molecule is COCOc1c(C(C)(C)C)c[c]cc1C(C)(C)C. The van der Waals surface area contributed by atoms with Crippen molar-refractivity contribution in [1.82, 2.24) is 0 Å². The van der Waals surface area contributed by atoms with Crippen molar-refractivity contribution in [3.8, 4) is 5.75 Å². The van der Waals surface area contributed by atoms with Gasteiger partial charge in [0.25, 0.3) is 0 Å². The minimum absolute atomic E-state index is 0.0286. The average molecular weight is 249 g/mol. The summed E-state index contributed by atoms with van der Waals surface area (Å²) in [6.07, 6.45) is 0. The van der Waals surface area contributed by atoms with E-state index in [0.29, 0.717) is 0 Å². The minimum atomic E-state index is 0.0286. The van der Waals surface area contributed by atoms with Gasteiger partial charge in [-0.2, -0.15) is 0 Å². The summed E-state index contributed by atoms with van der Waals surface area (Å²) >= 11 is 0. The van der Waals surface area contributed by atoms with Gasteiger partial charge in [0, 0.05) is 18.2 Å². The molecule has 0 aromatic heterocycles. The second-order valence-electron chi connectivity index (χ2n) is 6.66. The lowest BCUT2D eigenvalue weighted by Crippen LogP contribution is -2.20. The van der Waals surface area contributed by atoms with Crippen molar-refractivity contribution < 1.29 is 9.47 Å². The summed E-state index contributed by atoms with van der Waals surface area (Å²) in [6.45, 7) is 13.4. The lowest BCUT2D eigenvalue weighted by atomic mass is 9.79. The van der Waals surface area contributed by atoms with Crippen LogP contribution >= 0.6 is 0 Å². The maximum atomic E-state index is 5.83. The van der Waals surface area contributed by atoms with E-state index in [1.54, 1.807) is 7.11 Å². The lowest BCUT2D eigenvalue weighted by Gasteiger charge is -2.29. The van der Waals surface area contributed by atoms with Crippen LogP contribution in [0.2, 0.25) is 0 Å². The molecule has 0 aliphatic heterocycles. The van der Waals surface area contributed by atoms with E-state index >= 15 is 0 Å². The monoisotopic (exact) mass is 249 g/mol. The Morgan fingerprint density at radius 2 is 1.39 bits per heavy atom. The maximum Gasteiger partial charge on any atom is 0.188 e. The number of rotatable bonds is 3. The second kappa shape index (κ2) is 5.31. The molecule has 1 aromatic rings. The fourth-order valence-electron chi connectivity index (χ4n) is 1.87. The van der Waals surface area contributed by atoms with Gasteiger partial charge in [0.2, 0.25) is 0 Å². The highest BCUT2D eigenvalue weighted by molar-refractivity contribution is 5.47. The van der Waals surface area contributed by atoms with E-state index in [-0.39, 0.29) is 17.6 Å². The van der Waals surface area contributed by atoms with Crippen molar-refractivity contribution >= 4 is 0 Å². The van der Waals surface area contributed by atoms with Gasteiger partial charge < -0.3 is 9.47 Å². The zero-order valence-electron chi connectivity index (χ0n) is 12.7. The Balaban J connectivity index is 3.35. The van der Waals surface area contributed by atoms with Crippen LogP contribution in [0.3, 0.4) is 0 Å². The summed E-state index contributed by atoms with van der Waals surface area (Å²) in [5, 5.41) is 0. The number of hydrogen-bond donors (Lipinski definition) is 0. The molecule has 1 aromatic carbocycles. The van der Waals surface area contributed by atoms with Crippen molar-refractivity contribution in [2.75, 3.05) is 13.9 Å². The molecule has 0 saturated carbocycles. The number of hydrogen-bond acceptors (Lipinski definition) is 2. The topological polar surface area (TPSA) is 18.5 Å². The predicted octanol–water partition coefficient (Wildman–Crippen LogP) is 4.06. The standard InChI is InChI=1S/C16H25O2/c1-15(2,3)12-9-8-10-13(16(4,5)6)14(12)18-11-17-7/h9-10H,11H2,1-7H3. The van der Waals surface area contributed by atoms with Crippen LogP contribution in [0.5, 0.6) is 5.75 Å². The number of methoxy groups -OCH3 is 1. The molecule has 0 aliphatic carbocycles. The molecular formula is C16H25O2. The van der Waals surface area contributed by atoms with Gasteiger partial charge in [-0.1, -0.05) is 41.5 Å². The summed E-state index contributed by atoms with van der Waals surface area (Å²) in [5.74, 6) is 0.940. The largest absolute Gasteiger partial charge is 0.467 e. The van der Waals surface area contributed by atoms with Crippen molar-refractivity contribution in [1.29, 1.82) is 0 Å². The Morgan fingerprint density at radius 1 is 0.944 bits per heavy atom. The molecule has 0 heterocycles. The third kappa shape index (κ3) is 3.49. The van der Waals surface area contributed by atoms with E-state index in [1.165, 1.54) is 11.1 Å². The molecular weight excluding hydrogens is 224 g/mol. The Bertz CT molecular complexity index is 362. The van der Waals surface area contributed by atoms with E-state index in [4.69, 9.17) is 9.47 Å². The molecule has 101 valence electrons. The van der Waals surface area contributed by atoms with Crippen LogP contribution in [0.4, 0.5) is 0 Å². The van der Waals surface area contributed by atoms with Crippen LogP contribution < -0.4 is 4.74 Å². The first-order valence-corrected chi connectivity index (χ1v) is 6.34. The molecule has 1 rings (SSSR count). The summed E-state index contributed by atoms with van der Waals surface area (Å²) in [5.41, 5.74) is 2.40. The van der Waals surface area contributed by atoms with Gasteiger partial charge in [0.15, 0.2) is 6.79 Å². The Morgan fingerprint density at radius 3 is 1.72 bits per heavy atom. The van der Waals surface area contributed by atoms with Gasteiger partial charge in [-0.15, -0.1) is 0 Å². The quantitative estimate of drug-likeness (QED) is 0.752. The van der Waals surface area contributed by atoms with Gasteiger partial charge in [0.05, 0.1) is 0 Å². The molecule has 0 bridgehead atoms. The van der Waals surface area contributed by atoms with E-state index in [0.717, 1.165) is 5.75 Å². The third-order valence-corrected chi connectivity index (χ3v) is 2.88. The molecule has 2 heteroatoms. The van der Waals surface area contributed by atoms with Crippen LogP contribution in [-0.4, -0.2) is 13.9 Å². The highest BCUT2D eigenvalue weighted by atomic mass is 16.7. The van der Waals surface area contributed by atoms with E-state index in [2.05, 4.69) is 47.6 Å². The van der Waals surface area contributed by atoms with Gasteiger partial charge in [-0.3, -0.25) is 0 Å². The fourth-order valence-corrected chi connectivity index (χ4v) is 1.87. The first-order chi connectivity index (χ1) is 8.18. The van der Waals surface area contributed by atoms with Crippen molar-refractivity contribution in [3.05, 3.63) is 29.3 Å². The van der Waals surface area contributed by atoms with E-state index in [1.807, 2.05) is 12.1 Å². The van der Waals surface area contributed by atoms with Crippen LogP contribution in [0, 0.1) is 6.07 Å². The number of benzene rings is 1. The summed E-state index contributed by atoms with van der Waals surface area (Å²) in [4.78, 5) is 0. The molecule has 0 amide bonds. The molecule has 0 atom stereocenters. The highest BCUT2D eigenvalue weighted by Gasteiger charge is 2.26. The molecule has 0 fully saturated rings. The van der Waals surface area contributed by atoms with Crippen LogP contribution in [0.15, 0.2) is 12.1 Å². The highest BCUT2D eigenvalue weighted by Crippen LogP contribution is 2.39. The van der Waals surface area contributed by atoms with Crippen molar-refractivity contribution in [2.24, 2.45) is 0 Å². The molecule has 0 unspecified atom stereocenters. The molecule has 0 aliphatic rings. The average Bonchev–Trinajstić information content (AvgIpc) is 2.23. The third-order valence-electron chi connectivity index (χ3n) is 2.88. The Labute approximate surface area is 111 Å². The summed E-state index contributed by atoms with van der Waals surface area (Å²) in [6, 6.07) is 7.27. The summed E-state index contributed by atoms with van der Waals surface area (Å²) < 4.78 is 10.9. The molecule has 2 nitrogen and oxygen atoms in total. The first-order valence-electron chi connectivity index (χ1n) is 6.34. The van der Waals surface area contributed by atoms with Gasteiger partial charge in [-0.25, -0.2) is 0 Å². The molecule has 0 saturated heterocycles. The normalized spacial score (nSPS) is 12.6. The summed E-state index contributed by atoms with van der Waals surface area (Å²) in [7, 11) is 1.64. The zero-order valence-corrected chi connectivity index (χ0v) is 12.7. The predicted molar refractivity (Wildman–Crippen MR) is 75.2 cm³/mol. The first kappa shape index (κ1) is 15.0. The molecule has 0 spiro atoms. The Hall–Kier alpha value is -1.02. The zero-order chi connectivity index (χ0) is 14.0. The minimum Gasteiger partial charge on any atom is -0.467 e. The van der Waals surface area contributed by atoms with Gasteiger partial charge >= 0.3 is 0 Å². The van der Waals surface area contributed by atoms with E-state index < -0.39 is 0 Å². The second-order valence-corrected chi connectivity index (χ2v) is 6.66. The van der Waals surface area contributed by atoms with Gasteiger partial charge in [-0.05, 0) is 29.0 Å². The van der Waals surface area contributed by atoms with Gasteiger partial charge in [0.1, 0.15) is 5.75 Å². The smallest absolute Gasteiger partial charge is 0.188 e. The van der Waals surface area contributed by atoms with Crippen LogP contribution in [0.1, 0.15) is 52.7 Å². The van der Waals surface area contributed by atoms with Crippen molar-refractivity contribution in [3.63, 3.8) is 0 Å². The maximum absolute atomic E-state index is 5.83. The molecule has 18 heavy (non-hydrogen) atoms. The van der Waals surface area contributed by atoms with Crippen molar-refractivity contribution in [2.45, 2.75) is 52.4 Å². The lowest BCUT2D eigenvalue weighted by molar-refractivity contribution is 0.0484. The number of ether oxygens (including phenoxy) is 2. The van der Waals surface area contributed by atoms with Crippen LogP contribution in [-0.2, 0) is 15.6 Å². The van der Waals surface area contributed by atoms with E-state index in [9.17, 15) is 0 Å². The Kier molecular flexibility index (Phi) is 4.44. The fraction of sp³-hybridized carbons (Fsp3) is 0.625.